The molecular weight excluding hydrogens is 497 g/mol. The number of ether oxygens (including phenoxy) is 3. The van der Waals surface area contributed by atoms with Crippen LogP contribution >= 0.6 is 0 Å². The van der Waals surface area contributed by atoms with Gasteiger partial charge in [0.05, 0.1) is 6.54 Å². The van der Waals surface area contributed by atoms with Gasteiger partial charge in [0.2, 0.25) is 5.76 Å². The van der Waals surface area contributed by atoms with E-state index in [0.717, 1.165) is 11.1 Å². The fourth-order valence-electron chi connectivity index (χ4n) is 3.59. The summed E-state index contributed by atoms with van der Waals surface area (Å²) in [5.74, 6) is -1.44. The number of nitrogens with one attached hydrogen (secondary N) is 1. The molecule has 2 heterocycles. The minimum Gasteiger partial charge on any atom is -0.485 e. The van der Waals surface area contributed by atoms with Crippen molar-refractivity contribution >= 4 is 5.97 Å². The van der Waals surface area contributed by atoms with Gasteiger partial charge in [-0.15, -0.1) is 0 Å². The maximum absolute atomic E-state index is 13.1. The van der Waals surface area contributed by atoms with Crippen LogP contribution < -0.4 is 11.2 Å². The SMILES string of the molecule is O=C1OC(C(O)Cn2cc(C(F)(F)F)c(=O)[nH]c2=O)C(OCc2ccccc2)=C1OCc1ccccc1. The first-order chi connectivity index (χ1) is 17.6. The average Bonchev–Trinajstić information content (AvgIpc) is 3.18. The molecular formula is C25H21F3N2O7. The lowest BCUT2D eigenvalue weighted by molar-refractivity contribution is -0.148. The number of alkyl halides is 3. The van der Waals surface area contributed by atoms with Crippen molar-refractivity contribution < 1.29 is 37.3 Å². The minimum atomic E-state index is -5.03. The Morgan fingerprint density at radius 3 is 2.08 bits per heavy atom. The third-order valence-corrected chi connectivity index (χ3v) is 5.41. The lowest BCUT2D eigenvalue weighted by Crippen LogP contribution is -2.40. The molecule has 0 fully saturated rings. The van der Waals surface area contributed by atoms with Crippen LogP contribution in [0, 0.1) is 0 Å². The molecule has 4 rings (SSSR count). The summed E-state index contributed by atoms with van der Waals surface area (Å²) < 4.78 is 56.5. The van der Waals surface area contributed by atoms with Crippen LogP contribution in [0.2, 0.25) is 0 Å². The number of H-pyrrole nitrogens is 1. The van der Waals surface area contributed by atoms with Crippen LogP contribution in [0.5, 0.6) is 0 Å². The van der Waals surface area contributed by atoms with Crippen LogP contribution in [0.4, 0.5) is 13.2 Å². The number of cyclic esters (lactones) is 1. The van der Waals surface area contributed by atoms with Crippen molar-refractivity contribution in [3.63, 3.8) is 0 Å². The van der Waals surface area contributed by atoms with E-state index in [9.17, 15) is 32.7 Å². The van der Waals surface area contributed by atoms with Gasteiger partial charge < -0.3 is 19.3 Å². The number of nitrogens with zero attached hydrogens (tertiary/aromatic N) is 1. The van der Waals surface area contributed by atoms with E-state index in [2.05, 4.69) is 0 Å². The summed E-state index contributed by atoms with van der Waals surface area (Å²) in [6.45, 7) is -0.813. The molecule has 2 aromatic carbocycles. The lowest BCUT2D eigenvalue weighted by atomic mass is 10.1. The summed E-state index contributed by atoms with van der Waals surface area (Å²) in [5.41, 5.74) is -2.97. The fourth-order valence-corrected chi connectivity index (χ4v) is 3.59. The Bertz CT molecular complexity index is 1400. The summed E-state index contributed by atoms with van der Waals surface area (Å²) in [4.78, 5) is 37.9. The minimum absolute atomic E-state index is 0.0272. The molecule has 1 aliphatic heterocycles. The molecule has 0 amide bonds. The maximum atomic E-state index is 13.1. The Balaban J connectivity index is 1.61. The number of hydrogen-bond acceptors (Lipinski definition) is 7. The second-order valence-electron chi connectivity index (χ2n) is 8.09. The van der Waals surface area contributed by atoms with Crippen molar-refractivity contribution in [3.8, 4) is 0 Å². The van der Waals surface area contributed by atoms with Crippen LogP contribution in [0.3, 0.4) is 0 Å². The van der Waals surface area contributed by atoms with Gasteiger partial charge in [-0.25, -0.2) is 9.59 Å². The molecule has 0 saturated carbocycles. The molecule has 2 unspecified atom stereocenters. The fraction of sp³-hybridized carbons (Fsp3) is 0.240. The molecule has 0 spiro atoms. The van der Waals surface area contributed by atoms with Gasteiger partial charge in [0, 0.05) is 6.20 Å². The van der Waals surface area contributed by atoms with E-state index in [1.54, 1.807) is 65.6 Å². The normalized spacial score (nSPS) is 16.4. The number of carbonyl (C=O) groups excluding carboxylic acids is 1. The average molecular weight is 518 g/mol. The van der Waals surface area contributed by atoms with Crippen LogP contribution in [0.1, 0.15) is 16.7 Å². The number of esters is 1. The Morgan fingerprint density at radius 2 is 1.51 bits per heavy atom. The molecule has 3 aromatic rings. The monoisotopic (exact) mass is 518 g/mol. The van der Waals surface area contributed by atoms with E-state index >= 15 is 0 Å². The number of aromatic amines is 1. The highest BCUT2D eigenvalue weighted by Crippen LogP contribution is 2.30. The standard InChI is InChI=1S/C25H21F3N2O7/c26-25(27,28)17-11-30(24(34)29-22(17)32)12-18(31)19-20(35-13-15-7-3-1-4-8-15)21(23(33)37-19)36-14-16-9-5-2-6-10-16/h1-11,18-19,31H,12-14H2,(H,29,32,34). The van der Waals surface area contributed by atoms with Gasteiger partial charge in [0.1, 0.15) is 24.9 Å². The van der Waals surface area contributed by atoms with Crippen molar-refractivity contribution in [3.05, 3.63) is 116 Å². The molecule has 2 N–H and O–H groups in total. The Morgan fingerprint density at radius 1 is 0.946 bits per heavy atom. The van der Waals surface area contributed by atoms with Crippen LogP contribution in [0.25, 0.3) is 0 Å². The van der Waals surface area contributed by atoms with Crippen LogP contribution in [-0.4, -0.2) is 32.8 Å². The lowest BCUT2D eigenvalue weighted by Gasteiger charge is -2.21. The first kappa shape index (κ1) is 25.8. The van der Waals surface area contributed by atoms with Crippen molar-refractivity contribution in [1.29, 1.82) is 0 Å². The molecule has 9 nitrogen and oxygen atoms in total. The molecule has 0 saturated heterocycles. The quantitative estimate of drug-likeness (QED) is 0.418. The van der Waals surface area contributed by atoms with Gasteiger partial charge in [-0.3, -0.25) is 14.3 Å². The van der Waals surface area contributed by atoms with E-state index in [1.807, 2.05) is 0 Å². The smallest absolute Gasteiger partial charge is 0.423 e. The third-order valence-electron chi connectivity index (χ3n) is 5.41. The largest absolute Gasteiger partial charge is 0.485 e. The molecule has 37 heavy (non-hydrogen) atoms. The molecule has 12 heteroatoms. The van der Waals surface area contributed by atoms with Crippen LogP contribution in [0.15, 0.2) is 88.0 Å². The molecule has 0 aliphatic carbocycles. The number of aromatic nitrogens is 2. The van der Waals surface area contributed by atoms with Gasteiger partial charge in [-0.05, 0) is 11.1 Å². The maximum Gasteiger partial charge on any atom is 0.423 e. The van der Waals surface area contributed by atoms with Gasteiger partial charge in [0.15, 0.2) is 11.9 Å². The van der Waals surface area contributed by atoms with Gasteiger partial charge >= 0.3 is 17.8 Å². The zero-order valence-corrected chi connectivity index (χ0v) is 19.1. The number of benzene rings is 2. The van der Waals surface area contributed by atoms with E-state index in [4.69, 9.17) is 14.2 Å². The first-order valence-corrected chi connectivity index (χ1v) is 11.0. The Labute approximate surface area is 207 Å². The van der Waals surface area contributed by atoms with Crippen LogP contribution in [-0.2, 0) is 44.9 Å². The zero-order chi connectivity index (χ0) is 26.6. The summed E-state index contributed by atoms with van der Waals surface area (Å²) >= 11 is 0. The number of carbonyl (C=O) groups is 1. The topological polar surface area (TPSA) is 120 Å². The predicted octanol–water partition coefficient (Wildman–Crippen LogP) is 2.49. The van der Waals surface area contributed by atoms with E-state index in [-0.39, 0.29) is 24.7 Å². The highest BCUT2D eigenvalue weighted by Gasteiger charge is 2.43. The Hall–Kier alpha value is -4.32. The highest BCUT2D eigenvalue weighted by atomic mass is 19.4. The second-order valence-corrected chi connectivity index (χ2v) is 8.09. The van der Waals surface area contributed by atoms with Gasteiger partial charge in [-0.1, -0.05) is 60.7 Å². The van der Waals surface area contributed by atoms with Crippen molar-refractivity contribution in [2.75, 3.05) is 0 Å². The summed E-state index contributed by atoms with van der Waals surface area (Å²) in [5, 5.41) is 10.8. The van der Waals surface area contributed by atoms with E-state index < -0.39 is 47.7 Å². The number of aliphatic hydroxyl groups excluding tert-OH is 1. The summed E-state index contributed by atoms with van der Waals surface area (Å²) in [7, 11) is 0. The number of hydrogen-bond donors (Lipinski definition) is 2. The van der Waals surface area contributed by atoms with Crippen molar-refractivity contribution in [2.24, 2.45) is 0 Å². The predicted molar refractivity (Wildman–Crippen MR) is 122 cm³/mol. The number of halogens is 3. The third kappa shape index (κ3) is 6.09. The molecule has 1 aliphatic rings. The van der Waals surface area contributed by atoms with Crippen molar-refractivity contribution in [1.82, 2.24) is 9.55 Å². The molecule has 0 bridgehead atoms. The summed E-state index contributed by atoms with van der Waals surface area (Å²) in [6.07, 6.45) is -7.95. The number of rotatable bonds is 9. The van der Waals surface area contributed by atoms with Gasteiger partial charge in [-0.2, -0.15) is 13.2 Å². The first-order valence-electron chi connectivity index (χ1n) is 11.0. The molecule has 0 radical (unpaired) electrons. The second kappa shape index (κ2) is 10.7. The Kier molecular flexibility index (Phi) is 7.48. The van der Waals surface area contributed by atoms with Crippen molar-refractivity contribution in [2.45, 2.75) is 38.1 Å². The summed E-state index contributed by atoms with van der Waals surface area (Å²) in [6, 6.07) is 17.7. The van der Waals surface area contributed by atoms with Gasteiger partial charge in [0.25, 0.3) is 5.56 Å². The van der Waals surface area contributed by atoms with E-state index in [1.165, 1.54) is 0 Å². The molecule has 1 aromatic heterocycles. The van der Waals surface area contributed by atoms with E-state index in [0.29, 0.717) is 10.8 Å². The molecule has 2 atom stereocenters. The molecule has 194 valence electrons. The highest BCUT2D eigenvalue weighted by molar-refractivity contribution is 5.89. The number of aliphatic hydroxyl groups is 1. The zero-order valence-electron chi connectivity index (χ0n) is 19.1.